The molecule has 0 unspecified atom stereocenters. The first kappa shape index (κ1) is 14.9. The molecule has 0 radical (unpaired) electrons. The second-order valence-corrected chi connectivity index (χ2v) is 5.78. The van der Waals surface area contributed by atoms with Crippen LogP contribution in [-0.2, 0) is 6.54 Å². The van der Waals surface area contributed by atoms with E-state index in [-0.39, 0.29) is 5.56 Å². The van der Waals surface area contributed by atoms with E-state index in [9.17, 15) is 4.79 Å². The van der Waals surface area contributed by atoms with Crippen LogP contribution in [0.5, 0.6) is 0 Å². The molecule has 0 bridgehead atoms. The lowest BCUT2D eigenvalue weighted by atomic mass is 10.1. The molecule has 112 valence electrons. The number of hydrogen-bond donors (Lipinski definition) is 0. The van der Waals surface area contributed by atoms with Crippen molar-refractivity contribution in [3.05, 3.63) is 75.1 Å². The third-order valence-corrected chi connectivity index (χ3v) is 3.94. The third-order valence-electron chi connectivity index (χ3n) is 3.47. The molecule has 0 saturated heterocycles. The number of nitrogens with zero attached hydrogens (tertiary/aromatic N) is 2. The molecular formula is C17H14Cl2N2O. The Morgan fingerprint density at radius 2 is 1.68 bits per heavy atom. The Balaban J connectivity index is 2.22. The molecule has 0 spiro atoms. The highest BCUT2D eigenvalue weighted by atomic mass is 35.5. The zero-order valence-electron chi connectivity index (χ0n) is 12.0. The van der Waals surface area contributed by atoms with Crippen LogP contribution in [0.1, 0.15) is 6.92 Å². The summed E-state index contributed by atoms with van der Waals surface area (Å²) in [6.07, 6.45) is 1.84. The molecule has 1 heterocycles. The fourth-order valence-electron chi connectivity index (χ4n) is 2.45. The minimum absolute atomic E-state index is 0.0913. The Bertz CT molecular complexity index is 880. The van der Waals surface area contributed by atoms with Gasteiger partial charge in [-0.1, -0.05) is 41.4 Å². The topological polar surface area (TPSA) is 26.9 Å². The molecule has 0 N–H and O–H groups in total. The monoisotopic (exact) mass is 332 g/mol. The Morgan fingerprint density at radius 3 is 2.32 bits per heavy atom. The van der Waals surface area contributed by atoms with E-state index in [2.05, 4.69) is 0 Å². The van der Waals surface area contributed by atoms with Gasteiger partial charge in [-0.3, -0.25) is 9.48 Å². The molecule has 0 amide bonds. The van der Waals surface area contributed by atoms with E-state index < -0.39 is 0 Å². The average Bonchev–Trinajstić information content (AvgIpc) is 2.84. The third kappa shape index (κ3) is 2.70. The maximum atomic E-state index is 12.8. The molecule has 0 fully saturated rings. The fraction of sp³-hybridized carbons (Fsp3) is 0.118. The van der Waals surface area contributed by atoms with Gasteiger partial charge in [0.2, 0.25) is 0 Å². The van der Waals surface area contributed by atoms with E-state index in [0.717, 1.165) is 11.3 Å². The number of hydrogen-bond acceptors (Lipinski definition) is 1. The smallest absolute Gasteiger partial charge is 0.279 e. The molecule has 0 aliphatic heterocycles. The maximum absolute atomic E-state index is 12.8. The van der Waals surface area contributed by atoms with Crippen LogP contribution in [-0.4, -0.2) is 9.36 Å². The summed E-state index contributed by atoms with van der Waals surface area (Å²) >= 11 is 12.1. The van der Waals surface area contributed by atoms with Gasteiger partial charge in [-0.25, -0.2) is 4.68 Å². The number of aryl methyl sites for hydroxylation is 1. The van der Waals surface area contributed by atoms with Crippen LogP contribution < -0.4 is 5.56 Å². The molecule has 2 aromatic carbocycles. The van der Waals surface area contributed by atoms with Gasteiger partial charge >= 0.3 is 0 Å². The highest BCUT2D eigenvalue weighted by molar-refractivity contribution is 6.31. The van der Waals surface area contributed by atoms with Crippen LogP contribution in [0.15, 0.2) is 59.5 Å². The van der Waals surface area contributed by atoms with Gasteiger partial charge in [0.15, 0.2) is 0 Å². The van der Waals surface area contributed by atoms with Crippen molar-refractivity contribution in [1.29, 1.82) is 0 Å². The molecule has 0 atom stereocenters. The normalized spacial score (nSPS) is 10.9. The summed E-state index contributed by atoms with van der Waals surface area (Å²) in [6.45, 7) is 2.66. The summed E-state index contributed by atoms with van der Waals surface area (Å²) in [6, 6.07) is 14.6. The summed E-state index contributed by atoms with van der Waals surface area (Å²) in [5.41, 5.74) is 2.07. The minimum Gasteiger partial charge on any atom is -0.285 e. The number of rotatable bonds is 3. The molecular weight excluding hydrogens is 319 g/mol. The SMILES string of the molecule is CCn1cc(-c2cccc(Cl)c2)c(=O)n1-c1cccc(Cl)c1. The van der Waals surface area contributed by atoms with Crippen molar-refractivity contribution >= 4 is 23.2 Å². The van der Waals surface area contributed by atoms with Gasteiger partial charge in [-0.05, 0) is 42.8 Å². The Hall–Kier alpha value is -1.97. The summed E-state index contributed by atoms with van der Waals surface area (Å²) in [4.78, 5) is 12.8. The van der Waals surface area contributed by atoms with E-state index in [0.29, 0.717) is 22.2 Å². The lowest BCUT2D eigenvalue weighted by Gasteiger charge is -2.09. The summed E-state index contributed by atoms with van der Waals surface area (Å²) in [5, 5.41) is 1.20. The largest absolute Gasteiger partial charge is 0.285 e. The standard InChI is InChI=1S/C17H14Cl2N2O/c1-2-20-11-16(12-5-3-6-13(18)9-12)17(22)21(20)15-8-4-7-14(19)10-15/h3-11H,2H2,1H3. The summed E-state index contributed by atoms with van der Waals surface area (Å²) < 4.78 is 3.49. The zero-order valence-corrected chi connectivity index (χ0v) is 13.5. The van der Waals surface area contributed by atoms with Crippen molar-refractivity contribution < 1.29 is 0 Å². The van der Waals surface area contributed by atoms with Crippen LogP contribution in [0.2, 0.25) is 10.0 Å². The minimum atomic E-state index is -0.0913. The van der Waals surface area contributed by atoms with E-state index in [1.165, 1.54) is 0 Å². The maximum Gasteiger partial charge on any atom is 0.279 e. The molecule has 5 heteroatoms. The highest BCUT2D eigenvalue weighted by Crippen LogP contribution is 2.22. The van der Waals surface area contributed by atoms with E-state index in [4.69, 9.17) is 23.2 Å². The highest BCUT2D eigenvalue weighted by Gasteiger charge is 2.14. The van der Waals surface area contributed by atoms with Crippen molar-refractivity contribution in [2.45, 2.75) is 13.5 Å². The van der Waals surface area contributed by atoms with Crippen molar-refractivity contribution in [3.63, 3.8) is 0 Å². The first-order chi connectivity index (χ1) is 10.6. The molecule has 3 nitrogen and oxygen atoms in total. The van der Waals surface area contributed by atoms with Gasteiger partial charge in [-0.2, -0.15) is 0 Å². The number of aromatic nitrogens is 2. The van der Waals surface area contributed by atoms with Crippen molar-refractivity contribution in [2.24, 2.45) is 0 Å². The summed E-state index contributed by atoms with van der Waals surface area (Å²) in [5.74, 6) is 0. The van der Waals surface area contributed by atoms with Gasteiger partial charge in [0, 0.05) is 22.8 Å². The average molecular weight is 333 g/mol. The van der Waals surface area contributed by atoms with Gasteiger partial charge in [0.05, 0.1) is 11.3 Å². The molecule has 3 rings (SSSR count). The van der Waals surface area contributed by atoms with Crippen molar-refractivity contribution in [2.75, 3.05) is 0 Å². The van der Waals surface area contributed by atoms with Crippen LogP contribution in [0.25, 0.3) is 16.8 Å². The first-order valence-corrected chi connectivity index (χ1v) is 7.70. The lowest BCUT2D eigenvalue weighted by molar-refractivity contribution is 0.574. The molecule has 1 aromatic heterocycles. The van der Waals surface area contributed by atoms with Crippen LogP contribution in [0, 0.1) is 0 Å². The lowest BCUT2D eigenvalue weighted by Crippen LogP contribution is -2.21. The number of halogens is 2. The second kappa shape index (κ2) is 6.03. The summed E-state index contributed by atoms with van der Waals surface area (Å²) in [7, 11) is 0. The fourth-order valence-corrected chi connectivity index (χ4v) is 2.83. The molecule has 22 heavy (non-hydrogen) atoms. The van der Waals surface area contributed by atoms with Crippen molar-refractivity contribution in [1.82, 2.24) is 9.36 Å². The molecule has 0 saturated carbocycles. The van der Waals surface area contributed by atoms with E-state index >= 15 is 0 Å². The first-order valence-electron chi connectivity index (χ1n) is 6.94. The predicted octanol–water partition coefficient (Wildman–Crippen LogP) is 4.63. The molecule has 0 aliphatic carbocycles. The Labute approximate surface area is 138 Å². The van der Waals surface area contributed by atoms with Gasteiger partial charge in [0.1, 0.15) is 0 Å². The second-order valence-electron chi connectivity index (χ2n) is 4.91. The van der Waals surface area contributed by atoms with Crippen LogP contribution in [0.4, 0.5) is 0 Å². The van der Waals surface area contributed by atoms with Crippen LogP contribution in [0.3, 0.4) is 0 Å². The molecule has 0 aliphatic rings. The van der Waals surface area contributed by atoms with Crippen LogP contribution >= 0.6 is 23.2 Å². The zero-order chi connectivity index (χ0) is 15.7. The predicted molar refractivity (Wildman–Crippen MR) is 91.2 cm³/mol. The van der Waals surface area contributed by atoms with E-state index in [1.807, 2.05) is 42.1 Å². The van der Waals surface area contributed by atoms with Gasteiger partial charge in [-0.15, -0.1) is 0 Å². The Morgan fingerprint density at radius 1 is 1.00 bits per heavy atom. The van der Waals surface area contributed by atoms with Crippen molar-refractivity contribution in [3.8, 4) is 16.8 Å². The van der Waals surface area contributed by atoms with Gasteiger partial charge in [0.25, 0.3) is 5.56 Å². The van der Waals surface area contributed by atoms with E-state index in [1.54, 1.807) is 28.9 Å². The number of benzene rings is 2. The quantitative estimate of drug-likeness (QED) is 0.686. The molecule has 3 aromatic rings. The van der Waals surface area contributed by atoms with Gasteiger partial charge < -0.3 is 0 Å². The Kier molecular flexibility index (Phi) is 4.10.